The third-order valence-corrected chi connectivity index (χ3v) is 12.7. The second-order valence-corrected chi connectivity index (χ2v) is 14.7. The highest BCUT2D eigenvalue weighted by molar-refractivity contribution is 5.89. The summed E-state index contributed by atoms with van der Waals surface area (Å²) in [5.74, 6) is 0.485. The van der Waals surface area contributed by atoms with Gasteiger partial charge in [-0.25, -0.2) is 4.79 Å². The van der Waals surface area contributed by atoms with Crippen LogP contribution in [0, 0.1) is 35.0 Å². The molecule has 11 heteroatoms. The maximum atomic E-state index is 13.0. The Kier molecular flexibility index (Phi) is 8.87. The van der Waals surface area contributed by atoms with Crippen molar-refractivity contribution in [2.24, 2.45) is 35.0 Å². The Bertz CT molecular complexity index is 1170. The van der Waals surface area contributed by atoms with Crippen molar-refractivity contribution in [1.29, 1.82) is 0 Å². The zero-order valence-corrected chi connectivity index (χ0v) is 25.9. The number of fused-ring (bicyclic) bond motifs is 5. The summed E-state index contributed by atoms with van der Waals surface area (Å²) in [5, 5.41) is 73.2. The second kappa shape index (κ2) is 12.0. The molecular weight excluding hydrogens is 572 g/mol. The molecule has 248 valence electrons. The molecule has 0 aromatic carbocycles. The van der Waals surface area contributed by atoms with Gasteiger partial charge in [0.1, 0.15) is 36.1 Å². The fraction of sp³-hybridized carbons (Fsp3) is 0.848. The molecule has 2 aliphatic heterocycles. The summed E-state index contributed by atoms with van der Waals surface area (Å²) in [6.45, 7) is 5.59. The van der Waals surface area contributed by atoms with Crippen LogP contribution in [-0.4, -0.2) is 110 Å². The lowest BCUT2D eigenvalue weighted by molar-refractivity contribution is -0.299. The number of carbonyl (C=O) groups is 1. The lowest BCUT2D eigenvalue weighted by Gasteiger charge is -2.58. The van der Waals surface area contributed by atoms with Crippen LogP contribution in [0.25, 0.3) is 0 Å². The lowest BCUT2D eigenvalue weighted by atomic mass is 9.49. The van der Waals surface area contributed by atoms with Gasteiger partial charge in [0.05, 0.1) is 25.4 Å². The third-order valence-electron chi connectivity index (χ3n) is 12.7. The summed E-state index contributed by atoms with van der Waals surface area (Å²) in [6.07, 6.45) is -1.20. The number of hydrogen-bond acceptors (Lipinski definition) is 11. The highest BCUT2D eigenvalue weighted by Gasteiger charge is 2.62. The standard InChI is InChI=1S/C33H50O11/c1-15-17(14-42-31-29(39)28(38)27(37)25(13-34)44-31)10-24(43-30(15)40)16(2)21-6-7-22-20-5-4-18-11-19(35)12-26(36)33(18,41)23(20)8-9-32(21,22)3/h4,16,19-29,31,34-39,41H,5-14H2,1-3H3. The lowest BCUT2D eigenvalue weighted by Crippen LogP contribution is -2.61. The highest BCUT2D eigenvalue weighted by Crippen LogP contribution is 2.65. The van der Waals surface area contributed by atoms with Gasteiger partial charge in [-0.15, -0.1) is 0 Å². The molecule has 44 heavy (non-hydrogen) atoms. The predicted molar refractivity (Wildman–Crippen MR) is 156 cm³/mol. The Hall–Kier alpha value is -1.41. The van der Waals surface area contributed by atoms with E-state index in [0.717, 1.165) is 43.3 Å². The number of carbonyl (C=O) groups excluding carboxylic acids is 1. The summed E-state index contributed by atoms with van der Waals surface area (Å²) in [5.41, 5.74) is 0.662. The maximum Gasteiger partial charge on any atom is 0.334 e. The van der Waals surface area contributed by atoms with Crippen LogP contribution in [0.5, 0.6) is 0 Å². The minimum Gasteiger partial charge on any atom is -0.458 e. The zero-order valence-electron chi connectivity index (χ0n) is 25.9. The summed E-state index contributed by atoms with van der Waals surface area (Å²) in [4.78, 5) is 13.0. The quantitative estimate of drug-likeness (QED) is 0.163. The Morgan fingerprint density at radius 3 is 2.52 bits per heavy atom. The van der Waals surface area contributed by atoms with Crippen LogP contribution in [0.3, 0.4) is 0 Å². The monoisotopic (exact) mass is 622 g/mol. The number of esters is 1. The van der Waals surface area contributed by atoms with Gasteiger partial charge < -0.3 is 50.0 Å². The molecule has 15 atom stereocenters. The summed E-state index contributed by atoms with van der Waals surface area (Å²) < 4.78 is 17.3. The molecule has 6 aliphatic rings. The molecule has 0 spiro atoms. The molecule has 3 saturated carbocycles. The van der Waals surface area contributed by atoms with Crippen LogP contribution in [0.4, 0.5) is 0 Å². The van der Waals surface area contributed by atoms with Crippen LogP contribution in [0.1, 0.15) is 72.1 Å². The third kappa shape index (κ3) is 5.11. The van der Waals surface area contributed by atoms with Gasteiger partial charge in [-0.1, -0.05) is 19.9 Å². The van der Waals surface area contributed by atoms with Gasteiger partial charge in [0.2, 0.25) is 0 Å². The molecule has 0 bridgehead atoms. The van der Waals surface area contributed by atoms with Crippen LogP contribution in [0.2, 0.25) is 0 Å². The van der Waals surface area contributed by atoms with Gasteiger partial charge in [0.15, 0.2) is 6.29 Å². The predicted octanol–water partition coefficient (Wildman–Crippen LogP) is 0.706. The first-order chi connectivity index (χ1) is 20.8. The summed E-state index contributed by atoms with van der Waals surface area (Å²) in [6, 6.07) is 0. The van der Waals surface area contributed by atoms with E-state index in [4.69, 9.17) is 14.2 Å². The van der Waals surface area contributed by atoms with Gasteiger partial charge in [0.25, 0.3) is 0 Å². The van der Waals surface area contributed by atoms with E-state index in [1.54, 1.807) is 6.92 Å². The minimum absolute atomic E-state index is 0.0168. The molecule has 0 amide bonds. The van der Waals surface area contributed by atoms with Gasteiger partial charge in [-0.2, -0.15) is 0 Å². The van der Waals surface area contributed by atoms with Gasteiger partial charge in [0, 0.05) is 18.4 Å². The SMILES string of the molecule is CC1=C(COC2OC(CO)C(O)C(O)C2O)CC(C(C)C2CCC3C4CC=C5CC(O)CC(O)C5(O)C4CCC23C)OC1=O. The van der Waals surface area contributed by atoms with E-state index in [-0.39, 0.29) is 48.2 Å². The first-order valence-electron chi connectivity index (χ1n) is 16.4. The highest BCUT2D eigenvalue weighted by atomic mass is 16.7. The number of allylic oxidation sites excluding steroid dienone is 1. The van der Waals surface area contributed by atoms with E-state index in [2.05, 4.69) is 19.9 Å². The molecule has 0 aromatic heterocycles. The molecule has 4 aliphatic carbocycles. The van der Waals surface area contributed by atoms with Crippen molar-refractivity contribution in [1.82, 2.24) is 0 Å². The Balaban J connectivity index is 1.14. The number of ether oxygens (including phenoxy) is 3. The summed E-state index contributed by atoms with van der Waals surface area (Å²) >= 11 is 0. The van der Waals surface area contributed by atoms with Crippen molar-refractivity contribution < 1.29 is 54.8 Å². The van der Waals surface area contributed by atoms with Crippen molar-refractivity contribution in [3.8, 4) is 0 Å². The van der Waals surface area contributed by atoms with Gasteiger partial charge in [-0.05, 0) is 91.6 Å². The average Bonchev–Trinajstić information content (AvgIpc) is 3.35. The fourth-order valence-electron chi connectivity index (χ4n) is 10.1. The Morgan fingerprint density at radius 2 is 1.80 bits per heavy atom. The van der Waals surface area contributed by atoms with Crippen molar-refractivity contribution >= 4 is 5.97 Å². The average molecular weight is 623 g/mol. The molecule has 0 aromatic rings. The van der Waals surface area contributed by atoms with E-state index < -0.39 is 61.1 Å². The Morgan fingerprint density at radius 1 is 1.05 bits per heavy atom. The molecule has 1 saturated heterocycles. The van der Waals surface area contributed by atoms with Gasteiger partial charge >= 0.3 is 5.97 Å². The molecule has 6 rings (SSSR count). The fourth-order valence-corrected chi connectivity index (χ4v) is 10.1. The number of rotatable bonds is 6. The topological polar surface area (TPSA) is 186 Å². The van der Waals surface area contributed by atoms with Crippen LogP contribution in [-0.2, 0) is 19.0 Å². The number of hydrogen-bond donors (Lipinski definition) is 7. The molecule has 11 nitrogen and oxygen atoms in total. The largest absolute Gasteiger partial charge is 0.458 e. The number of aliphatic hydroxyl groups excluding tert-OH is 6. The number of aliphatic hydroxyl groups is 7. The molecule has 2 heterocycles. The normalized spacial score (nSPS) is 49.9. The Labute approximate surface area is 258 Å². The van der Waals surface area contributed by atoms with Gasteiger partial charge in [-0.3, -0.25) is 0 Å². The summed E-state index contributed by atoms with van der Waals surface area (Å²) in [7, 11) is 0. The maximum absolute atomic E-state index is 13.0. The van der Waals surface area contributed by atoms with Crippen molar-refractivity contribution in [2.45, 2.75) is 127 Å². The van der Waals surface area contributed by atoms with Crippen LogP contribution < -0.4 is 0 Å². The minimum atomic E-state index is -1.55. The van der Waals surface area contributed by atoms with Crippen molar-refractivity contribution in [2.75, 3.05) is 13.2 Å². The van der Waals surface area contributed by atoms with Crippen LogP contribution >= 0.6 is 0 Å². The number of cyclic esters (lactones) is 1. The molecule has 0 radical (unpaired) electrons. The van der Waals surface area contributed by atoms with E-state index >= 15 is 0 Å². The first-order valence-corrected chi connectivity index (χ1v) is 16.4. The molecule has 15 unspecified atom stereocenters. The first kappa shape index (κ1) is 32.5. The molecule has 4 fully saturated rings. The van der Waals surface area contributed by atoms with E-state index in [0.29, 0.717) is 24.3 Å². The molecular formula is C33H50O11. The smallest absolute Gasteiger partial charge is 0.334 e. The molecule has 7 N–H and O–H groups in total. The second-order valence-electron chi connectivity index (χ2n) is 14.7. The van der Waals surface area contributed by atoms with Crippen LogP contribution in [0.15, 0.2) is 22.8 Å². The van der Waals surface area contributed by atoms with E-state index in [1.165, 1.54) is 0 Å². The van der Waals surface area contributed by atoms with Crippen molar-refractivity contribution in [3.63, 3.8) is 0 Å². The van der Waals surface area contributed by atoms with E-state index in [9.17, 15) is 40.5 Å². The zero-order chi connectivity index (χ0) is 31.7. The van der Waals surface area contributed by atoms with E-state index in [1.807, 2.05) is 0 Å². The van der Waals surface area contributed by atoms with Crippen molar-refractivity contribution in [3.05, 3.63) is 22.8 Å².